The molecule has 0 aliphatic carbocycles. The van der Waals surface area contributed by atoms with Crippen molar-refractivity contribution in [3.63, 3.8) is 0 Å². The van der Waals surface area contributed by atoms with E-state index in [2.05, 4.69) is 9.46 Å². The number of nitrogens with one attached hydrogen (secondary N) is 1. The van der Waals surface area contributed by atoms with Crippen molar-refractivity contribution >= 4 is 27.3 Å². The highest BCUT2D eigenvalue weighted by Gasteiger charge is 2.16. The number of benzene rings is 2. The van der Waals surface area contributed by atoms with Crippen molar-refractivity contribution in [1.82, 2.24) is 0 Å². The van der Waals surface area contributed by atoms with Gasteiger partial charge in [-0.1, -0.05) is 11.6 Å². The summed E-state index contributed by atoms with van der Waals surface area (Å²) in [5.41, 5.74) is 0.118. The monoisotopic (exact) mass is 363 g/mol. The molecule has 0 unspecified atom stereocenters. The van der Waals surface area contributed by atoms with Crippen LogP contribution in [0, 0.1) is 0 Å². The molecule has 2 rings (SSSR count). The van der Waals surface area contributed by atoms with Gasteiger partial charge in [0.1, 0.15) is 11.5 Å². The Morgan fingerprint density at radius 2 is 1.78 bits per heavy atom. The summed E-state index contributed by atoms with van der Waals surface area (Å²) in [6.07, 6.45) is 0. The third kappa shape index (κ3) is 4.46. The minimum Gasteiger partial charge on any atom is -0.497 e. The standard InChI is InChI=1S/C14H12ClF2NO4S/c1-21-10-3-5-11(6-4-10)23(19,20)18-9-2-7-13(12(15)8-9)22-14(16)17/h2-8,14,18H,1H3. The number of anilines is 1. The first-order chi connectivity index (χ1) is 10.8. The molecule has 0 fully saturated rings. The van der Waals surface area contributed by atoms with Crippen molar-refractivity contribution in [2.45, 2.75) is 11.5 Å². The van der Waals surface area contributed by atoms with Crippen LogP contribution in [-0.4, -0.2) is 22.1 Å². The van der Waals surface area contributed by atoms with Crippen molar-refractivity contribution in [3.05, 3.63) is 47.5 Å². The van der Waals surface area contributed by atoms with Crippen LogP contribution in [0.1, 0.15) is 0 Å². The molecule has 0 spiro atoms. The van der Waals surface area contributed by atoms with Gasteiger partial charge in [0, 0.05) is 0 Å². The quantitative estimate of drug-likeness (QED) is 0.849. The van der Waals surface area contributed by atoms with Crippen molar-refractivity contribution in [2.24, 2.45) is 0 Å². The fraction of sp³-hybridized carbons (Fsp3) is 0.143. The van der Waals surface area contributed by atoms with Gasteiger partial charge < -0.3 is 9.47 Å². The van der Waals surface area contributed by atoms with Crippen LogP contribution < -0.4 is 14.2 Å². The van der Waals surface area contributed by atoms with Gasteiger partial charge in [0.25, 0.3) is 10.0 Å². The lowest BCUT2D eigenvalue weighted by Crippen LogP contribution is -2.13. The first-order valence-electron chi connectivity index (χ1n) is 6.23. The van der Waals surface area contributed by atoms with Crippen LogP contribution in [0.5, 0.6) is 11.5 Å². The number of hydrogen-bond donors (Lipinski definition) is 1. The van der Waals surface area contributed by atoms with Gasteiger partial charge in [-0.05, 0) is 42.5 Å². The Bertz CT molecular complexity index is 782. The Morgan fingerprint density at radius 3 is 2.30 bits per heavy atom. The lowest BCUT2D eigenvalue weighted by atomic mass is 10.3. The molecule has 0 atom stereocenters. The number of hydrogen-bond acceptors (Lipinski definition) is 4. The van der Waals surface area contributed by atoms with Gasteiger partial charge >= 0.3 is 6.61 Å². The first kappa shape index (κ1) is 17.3. The van der Waals surface area contributed by atoms with E-state index < -0.39 is 16.6 Å². The van der Waals surface area contributed by atoms with E-state index in [-0.39, 0.29) is 21.4 Å². The summed E-state index contributed by atoms with van der Waals surface area (Å²) in [6, 6.07) is 9.35. The molecule has 0 saturated heterocycles. The number of rotatable bonds is 6. The molecule has 5 nitrogen and oxygen atoms in total. The zero-order valence-corrected chi connectivity index (χ0v) is 13.4. The average Bonchev–Trinajstić information content (AvgIpc) is 2.49. The van der Waals surface area contributed by atoms with Gasteiger partial charge in [-0.25, -0.2) is 8.42 Å². The summed E-state index contributed by atoms with van der Waals surface area (Å²) in [7, 11) is -2.38. The van der Waals surface area contributed by atoms with E-state index >= 15 is 0 Å². The fourth-order valence-electron chi connectivity index (χ4n) is 1.72. The second-order valence-electron chi connectivity index (χ2n) is 4.30. The van der Waals surface area contributed by atoms with Crippen molar-refractivity contribution in [3.8, 4) is 11.5 Å². The Hall–Kier alpha value is -2.06. The SMILES string of the molecule is COc1ccc(S(=O)(=O)Nc2ccc(OC(F)F)c(Cl)c2)cc1. The third-order valence-electron chi connectivity index (χ3n) is 2.77. The Kier molecular flexibility index (Phi) is 5.27. The van der Waals surface area contributed by atoms with Gasteiger partial charge in [0.15, 0.2) is 0 Å². The molecule has 23 heavy (non-hydrogen) atoms. The highest BCUT2D eigenvalue weighted by atomic mass is 35.5. The highest BCUT2D eigenvalue weighted by Crippen LogP contribution is 2.30. The smallest absolute Gasteiger partial charge is 0.387 e. The number of methoxy groups -OCH3 is 1. The molecule has 2 aromatic carbocycles. The molecule has 0 aromatic heterocycles. The van der Waals surface area contributed by atoms with Crippen LogP contribution in [0.4, 0.5) is 14.5 Å². The van der Waals surface area contributed by atoms with E-state index in [1.165, 1.54) is 43.5 Å². The normalized spacial score (nSPS) is 11.3. The maximum atomic E-state index is 12.2. The molecular formula is C14H12ClF2NO4S. The molecule has 2 aromatic rings. The lowest BCUT2D eigenvalue weighted by Gasteiger charge is -2.11. The maximum Gasteiger partial charge on any atom is 0.387 e. The molecule has 124 valence electrons. The van der Waals surface area contributed by atoms with Crippen LogP contribution in [0.15, 0.2) is 47.4 Å². The minimum atomic E-state index is -3.84. The minimum absolute atomic E-state index is 0.0160. The molecular weight excluding hydrogens is 352 g/mol. The van der Waals surface area contributed by atoms with E-state index in [4.69, 9.17) is 16.3 Å². The van der Waals surface area contributed by atoms with E-state index in [0.29, 0.717) is 5.75 Å². The molecule has 0 aliphatic rings. The summed E-state index contributed by atoms with van der Waals surface area (Å²) in [5, 5.41) is -0.139. The van der Waals surface area contributed by atoms with Gasteiger partial charge in [-0.15, -0.1) is 0 Å². The van der Waals surface area contributed by atoms with E-state index in [9.17, 15) is 17.2 Å². The van der Waals surface area contributed by atoms with Crippen molar-refractivity contribution in [2.75, 3.05) is 11.8 Å². The summed E-state index contributed by atoms with van der Waals surface area (Å²) >= 11 is 5.78. The van der Waals surface area contributed by atoms with Crippen LogP contribution in [0.25, 0.3) is 0 Å². The highest BCUT2D eigenvalue weighted by molar-refractivity contribution is 7.92. The van der Waals surface area contributed by atoms with E-state index in [1.807, 2.05) is 0 Å². The Morgan fingerprint density at radius 1 is 1.13 bits per heavy atom. The number of sulfonamides is 1. The third-order valence-corrected chi connectivity index (χ3v) is 4.46. The van der Waals surface area contributed by atoms with Crippen molar-refractivity contribution in [1.29, 1.82) is 0 Å². The molecule has 0 heterocycles. The van der Waals surface area contributed by atoms with E-state index in [1.54, 1.807) is 0 Å². The molecule has 0 aliphatic heterocycles. The average molecular weight is 364 g/mol. The van der Waals surface area contributed by atoms with Gasteiger partial charge in [-0.3, -0.25) is 4.72 Å². The predicted molar refractivity (Wildman–Crippen MR) is 81.9 cm³/mol. The summed E-state index contributed by atoms with van der Waals surface area (Å²) in [5.74, 6) is 0.273. The number of halogens is 3. The molecule has 9 heteroatoms. The van der Waals surface area contributed by atoms with Crippen LogP contribution in [0.2, 0.25) is 5.02 Å². The summed E-state index contributed by atoms with van der Waals surface area (Å²) in [4.78, 5) is 0.0160. The fourth-order valence-corrected chi connectivity index (χ4v) is 3.00. The zero-order chi connectivity index (χ0) is 17.0. The van der Waals surface area contributed by atoms with Gasteiger partial charge in [0.05, 0.1) is 22.7 Å². The summed E-state index contributed by atoms with van der Waals surface area (Å²) < 4.78 is 60.2. The Balaban J connectivity index is 2.21. The second kappa shape index (κ2) is 7.01. The molecule has 1 N–H and O–H groups in total. The number of alkyl halides is 2. The molecule has 0 radical (unpaired) electrons. The molecule has 0 saturated carbocycles. The lowest BCUT2D eigenvalue weighted by molar-refractivity contribution is -0.0497. The largest absolute Gasteiger partial charge is 0.497 e. The first-order valence-corrected chi connectivity index (χ1v) is 8.09. The van der Waals surface area contributed by atoms with Gasteiger partial charge in [0.2, 0.25) is 0 Å². The Labute approximate surface area is 136 Å². The van der Waals surface area contributed by atoms with Gasteiger partial charge in [-0.2, -0.15) is 8.78 Å². The predicted octanol–water partition coefficient (Wildman–Crippen LogP) is 3.75. The molecule has 0 amide bonds. The van der Waals surface area contributed by atoms with Crippen LogP contribution >= 0.6 is 11.6 Å². The zero-order valence-electron chi connectivity index (χ0n) is 11.8. The van der Waals surface area contributed by atoms with Crippen LogP contribution in [-0.2, 0) is 10.0 Å². The maximum absolute atomic E-state index is 12.2. The number of ether oxygens (including phenoxy) is 2. The topological polar surface area (TPSA) is 64.6 Å². The molecule has 0 bridgehead atoms. The van der Waals surface area contributed by atoms with Crippen molar-refractivity contribution < 1.29 is 26.7 Å². The summed E-state index contributed by atoms with van der Waals surface area (Å²) in [6.45, 7) is -3.02. The second-order valence-corrected chi connectivity index (χ2v) is 6.39. The van der Waals surface area contributed by atoms with Crippen LogP contribution in [0.3, 0.4) is 0 Å². The van der Waals surface area contributed by atoms with E-state index in [0.717, 1.165) is 6.07 Å².